The molecule has 0 aliphatic rings. The van der Waals surface area contributed by atoms with Crippen LogP contribution >= 0.6 is 23.2 Å². The van der Waals surface area contributed by atoms with Crippen molar-refractivity contribution in [3.63, 3.8) is 0 Å². The monoisotopic (exact) mass is 313 g/mol. The van der Waals surface area contributed by atoms with Crippen LogP contribution < -0.4 is 5.32 Å². The first-order valence-corrected chi connectivity index (χ1v) is 7.28. The van der Waals surface area contributed by atoms with E-state index in [0.29, 0.717) is 22.4 Å². The molecule has 2 aromatic rings. The molecule has 1 heterocycles. The van der Waals surface area contributed by atoms with Gasteiger partial charge in [0.25, 0.3) is 0 Å². The fraction of sp³-hybridized carbons (Fsp3) is 0.333. The molecule has 0 aliphatic heterocycles. The third kappa shape index (κ3) is 3.76. The van der Waals surface area contributed by atoms with Crippen LogP contribution in [0.3, 0.4) is 0 Å². The molecule has 0 bridgehead atoms. The van der Waals surface area contributed by atoms with Gasteiger partial charge in [-0.3, -0.25) is 0 Å². The minimum absolute atomic E-state index is 0.0818. The highest BCUT2D eigenvalue weighted by Crippen LogP contribution is 2.31. The molecule has 108 valence electrons. The molecule has 1 atom stereocenters. The molecule has 2 N–H and O–H groups in total. The minimum atomic E-state index is 0.0818. The van der Waals surface area contributed by atoms with Crippen LogP contribution in [-0.4, -0.2) is 17.8 Å². The summed E-state index contributed by atoms with van der Waals surface area (Å²) >= 11 is 12.1. The molecule has 0 radical (unpaired) electrons. The maximum Gasteiger partial charge on any atom is 0.135 e. The number of hydrogen-bond acceptors (Lipinski definition) is 3. The minimum Gasteiger partial charge on any atom is -0.460 e. The summed E-state index contributed by atoms with van der Waals surface area (Å²) in [5, 5.41) is 13.6. The number of aliphatic hydroxyl groups excluding tert-OH is 1. The molecule has 2 rings (SSSR count). The fourth-order valence-electron chi connectivity index (χ4n) is 1.89. The smallest absolute Gasteiger partial charge is 0.135 e. The van der Waals surface area contributed by atoms with E-state index in [0.717, 1.165) is 17.7 Å². The van der Waals surface area contributed by atoms with Gasteiger partial charge in [0.15, 0.2) is 0 Å². The summed E-state index contributed by atoms with van der Waals surface area (Å²) in [7, 11) is 0. The number of benzene rings is 1. The maximum atomic E-state index is 9.13. The van der Waals surface area contributed by atoms with Crippen LogP contribution in [0.4, 0.5) is 0 Å². The van der Waals surface area contributed by atoms with Crippen molar-refractivity contribution >= 4 is 23.2 Å². The topological polar surface area (TPSA) is 45.4 Å². The van der Waals surface area contributed by atoms with Gasteiger partial charge in [0, 0.05) is 16.6 Å². The predicted octanol–water partition coefficient (Wildman–Crippen LogP) is 4.11. The van der Waals surface area contributed by atoms with E-state index in [1.54, 1.807) is 18.2 Å². The second kappa shape index (κ2) is 7.14. The molecular weight excluding hydrogens is 297 g/mol. The van der Waals surface area contributed by atoms with Gasteiger partial charge in [0.2, 0.25) is 0 Å². The first kappa shape index (κ1) is 15.4. The highest BCUT2D eigenvalue weighted by atomic mass is 35.5. The van der Waals surface area contributed by atoms with Crippen LogP contribution in [0.25, 0.3) is 11.3 Å². The van der Waals surface area contributed by atoms with Gasteiger partial charge in [-0.2, -0.15) is 0 Å². The summed E-state index contributed by atoms with van der Waals surface area (Å²) in [6, 6.07) is 9.11. The van der Waals surface area contributed by atoms with E-state index in [1.165, 1.54) is 0 Å². The third-order valence-electron chi connectivity index (χ3n) is 3.13. The number of rotatable bonds is 6. The Morgan fingerprint density at radius 3 is 2.75 bits per heavy atom. The highest BCUT2D eigenvalue weighted by molar-refractivity contribution is 6.35. The van der Waals surface area contributed by atoms with Crippen LogP contribution in [-0.2, 0) is 6.54 Å². The summed E-state index contributed by atoms with van der Waals surface area (Å²) < 4.78 is 5.76. The zero-order valence-corrected chi connectivity index (χ0v) is 12.7. The predicted molar refractivity (Wildman–Crippen MR) is 82.2 cm³/mol. The van der Waals surface area contributed by atoms with E-state index >= 15 is 0 Å². The first-order valence-electron chi connectivity index (χ1n) is 6.52. The normalized spacial score (nSPS) is 12.6. The molecule has 0 spiro atoms. The maximum absolute atomic E-state index is 9.13. The number of aliphatic hydroxyl groups is 1. The Balaban J connectivity index is 2.10. The van der Waals surface area contributed by atoms with Gasteiger partial charge in [-0.05, 0) is 36.8 Å². The van der Waals surface area contributed by atoms with Crippen LogP contribution in [0.15, 0.2) is 34.7 Å². The average molecular weight is 314 g/mol. The van der Waals surface area contributed by atoms with Crippen molar-refractivity contribution in [3.8, 4) is 11.3 Å². The SMILES string of the molecule is CC[C@H](CO)NCc1ccc(-c2cc(Cl)ccc2Cl)o1. The molecule has 1 aromatic heterocycles. The van der Waals surface area contributed by atoms with E-state index in [1.807, 2.05) is 19.1 Å². The van der Waals surface area contributed by atoms with Crippen LogP contribution in [0.1, 0.15) is 19.1 Å². The van der Waals surface area contributed by atoms with Crippen molar-refractivity contribution in [2.45, 2.75) is 25.9 Å². The molecule has 0 amide bonds. The number of nitrogens with one attached hydrogen (secondary N) is 1. The molecule has 0 saturated carbocycles. The van der Waals surface area contributed by atoms with Crippen LogP contribution in [0.5, 0.6) is 0 Å². The quantitative estimate of drug-likeness (QED) is 0.843. The molecule has 1 aromatic carbocycles. The zero-order chi connectivity index (χ0) is 14.5. The van der Waals surface area contributed by atoms with Gasteiger partial charge < -0.3 is 14.8 Å². The van der Waals surface area contributed by atoms with Crippen molar-refractivity contribution in [3.05, 3.63) is 46.1 Å². The van der Waals surface area contributed by atoms with E-state index in [-0.39, 0.29) is 12.6 Å². The third-order valence-corrected chi connectivity index (χ3v) is 3.70. The molecule has 0 saturated heterocycles. The molecule has 3 nitrogen and oxygen atoms in total. The highest BCUT2D eigenvalue weighted by Gasteiger charge is 2.10. The lowest BCUT2D eigenvalue weighted by atomic mass is 10.2. The van der Waals surface area contributed by atoms with Gasteiger partial charge in [0.05, 0.1) is 18.2 Å². The number of hydrogen-bond donors (Lipinski definition) is 2. The van der Waals surface area contributed by atoms with E-state index in [4.69, 9.17) is 32.7 Å². The molecular formula is C15H17Cl2NO2. The Labute approximate surface area is 128 Å². The fourth-order valence-corrected chi connectivity index (χ4v) is 2.27. The first-order chi connectivity index (χ1) is 9.63. The molecule has 0 unspecified atom stereocenters. The number of furan rings is 1. The lowest BCUT2D eigenvalue weighted by Gasteiger charge is -2.12. The van der Waals surface area contributed by atoms with E-state index in [9.17, 15) is 0 Å². The Bertz CT molecular complexity index is 565. The van der Waals surface area contributed by atoms with Crippen LogP contribution in [0, 0.1) is 0 Å². The standard InChI is InChI=1S/C15H17Cl2NO2/c1-2-11(9-19)18-8-12-4-6-15(20-12)13-7-10(16)3-5-14(13)17/h3-7,11,18-19H,2,8-9H2,1H3/t11-/m1/s1. The molecule has 20 heavy (non-hydrogen) atoms. The van der Waals surface area contributed by atoms with Gasteiger partial charge in [-0.15, -0.1) is 0 Å². The van der Waals surface area contributed by atoms with Crippen molar-refractivity contribution < 1.29 is 9.52 Å². The van der Waals surface area contributed by atoms with Crippen molar-refractivity contribution in [2.24, 2.45) is 0 Å². The van der Waals surface area contributed by atoms with Crippen molar-refractivity contribution in [1.29, 1.82) is 0 Å². The van der Waals surface area contributed by atoms with Crippen LogP contribution in [0.2, 0.25) is 10.0 Å². The second-order valence-electron chi connectivity index (χ2n) is 4.56. The Morgan fingerprint density at radius 2 is 2.05 bits per heavy atom. The summed E-state index contributed by atoms with van der Waals surface area (Å²) in [5.74, 6) is 1.48. The van der Waals surface area contributed by atoms with Gasteiger partial charge in [-0.1, -0.05) is 30.1 Å². The molecule has 0 fully saturated rings. The van der Waals surface area contributed by atoms with Gasteiger partial charge in [-0.25, -0.2) is 0 Å². The van der Waals surface area contributed by atoms with Crippen molar-refractivity contribution in [1.82, 2.24) is 5.32 Å². The van der Waals surface area contributed by atoms with Gasteiger partial charge in [0.1, 0.15) is 11.5 Å². The largest absolute Gasteiger partial charge is 0.460 e. The average Bonchev–Trinajstić information content (AvgIpc) is 2.91. The Kier molecular flexibility index (Phi) is 5.49. The van der Waals surface area contributed by atoms with Gasteiger partial charge >= 0.3 is 0 Å². The summed E-state index contributed by atoms with van der Waals surface area (Å²) in [6.45, 7) is 2.70. The Morgan fingerprint density at radius 1 is 1.25 bits per heavy atom. The Hall–Kier alpha value is -1.00. The lowest BCUT2D eigenvalue weighted by Crippen LogP contribution is -2.30. The second-order valence-corrected chi connectivity index (χ2v) is 5.40. The zero-order valence-electron chi connectivity index (χ0n) is 11.2. The van der Waals surface area contributed by atoms with E-state index in [2.05, 4.69) is 5.32 Å². The molecule has 0 aliphatic carbocycles. The summed E-state index contributed by atoms with van der Waals surface area (Å²) in [4.78, 5) is 0. The van der Waals surface area contributed by atoms with Crippen molar-refractivity contribution in [2.75, 3.05) is 6.61 Å². The summed E-state index contributed by atoms with van der Waals surface area (Å²) in [6.07, 6.45) is 0.865. The molecule has 5 heteroatoms. The number of halogens is 2. The lowest BCUT2D eigenvalue weighted by molar-refractivity contribution is 0.235. The summed E-state index contributed by atoms with van der Waals surface area (Å²) in [5.41, 5.74) is 0.777. The van der Waals surface area contributed by atoms with E-state index < -0.39 is 0 Å².